The molecule has 0 heterocycles. The molecule has 0 aliphatic heterocycles. The van der Waals surface area contributed by atoms with Gasteiger partial charge in [-0.3, -0.25) is 4.79 Å². The molecule has 5 heteroatoms. The van der Waals surface area contributed by atoms with E-state index in [-0.39, 0.29) is 5.91 Å². The summed E-state index contributed by atoms with van der Waals surface area (Å²) in [6, 6.07) is 15.0. The number of benzene rings is 2. The van der Waals surface area contributed by atoms with Crippen molar-refractivity contribution in [1.29, 1.82) is 0 Å². The lowest BCUT2D eigenvalue weighted by molar-refractivity contribution is -0.128. The molecule has 0 aliphatic carbocycles. The highest BCUT2D eigenvalue weighted by Crippen LogP contribution is 2.20. The van der Waals surface area contributed by atoms with Gasteiger partial charge in [0.25, 0.3) is 5.91 Å². The van der Waals surface area contributed by atoms with Gasteiger partial charge in [0.15, 0.2) is 6.10 Å². The molecule has 0 spiro atoms. The largest absolute Gasteiger partial charge is 0.494 e. The molecule has 0 fully saturated rings. The van der Waals surface area contributed by atoms with Gasteiger partial charge in [-0.05, 0) is 62.1 Å². The maximum absolute atomic E-state index is 12.3. The van der Waals surface area contributed by atoms with Gasteiger partial charge in [-0.1, -0.05) is 36.7 Å². The SMILES string of the molecule is CCOc1ccccc1CCCNC(=O)C(CC)Oc1ccc(Cl)cc1. The molecule has 1 N–H and O–H groups in total. The molecule has 2 aromatic rings. The molecular formula is C21H26ClNO3. The molecule has 2 aromatic carbocycles. The highest BCUT2D eigenvalue weighted by Gasteiger charge is 2.17. The molecular weight excluding hydrogens is 350 g/mol. The van der Waals surface area contributed by atoms with Crippen molar-refractivity contribution in [2.75, 3.05) is 13.2 Å². The molecule has 1 amide bonds. The maximum atomic E-state index is 12.3. The van der Waals surface area contributed by atoms with Crippen molar-refractivity contribution in [3.05, 3.63) is 59.1 Å². The Hall–Kier alpha value is -2.20. The first-order chi connectivity index (χ1) is 12.6. The number of nitrogens with one attached hydrogen (secondary N) is 1. The molecule has 0 saturated heterocycles. The number of carbonyl (C=O) groups excluding carboxylic acids is 1. The number of para-hydroxylation sites is 1. The first-order valence-electron chi connectivity index (χ1n) is 9.04. The highest BCUT2D eigenvalue weighted by atomic mass is 35.5. The topological polar surface area (TPSA) is 47.6 Å². The van der Waals surface area contributed by atoms with Crippen LogP contribution >= 0.6 is 11.6 Å². The average Bonchev–Trinajstić information content (AvgIpc) is 2.66. The Bertz CT molecular complexity index is 688. The molecule has 140 valence electrons. The van der Waals surface area contributed by atoms with E-state index in [0.29, 0.717) is 30.3 Å². The van der Waals surface area contributed by atoms with Gasteiger partial charge >= 0.3 is 0 Å². The van der Waals surface area contributed by atoms with E-state index in [1.165, 1.54) is 0 Å². The number of halogens is 1. The van der Waals surface area contributed by atoms with Crippen molar-refractivity contribution in [2.45, 2.75) is 39.2 Å². The van der Waals surface area contributed by atoms with Crippen LogP contribution in [0.1, 0.15) is 32.3 Å². The minimum absolute atomic E-state index is 0.0967. The monoisotopic (exact) mass is 375 g/mol. The summed E-state index contributed by atoms with van der Waals surface area (Å²) >= 11 is 5.87. The van der Waals surface area contributed by atoms with Crippen molar-refractivity contribution in [3.63, 3.8) is 0 Å². The van der Waals surface area contributed by atoms with Crippen LogP contribution in [0.2, 0.25) is 5.02 Å². The Balaban J connectivity index is 1.79. The Morgan fingerprint density at radius 2 is 1.85 bits per heavy atom. The van der Waals surface area contributed by atoms with Crippen LogP contribution in [-0.4, -0.2) is 25.2 Å². The molecule has 0 saturated carbocycles. The number of rotatable bonds is 10. The van der Waals surface area contributed by atoms with Gasteiger partial charge in [0, 0.05) is 11.6 Å². The van der Waals surface area contributed by atoms with Crippen LogP contribution in [0.15, 0.2) is 48.5 Å². The van der Waals surface area contributed by atoms with Gasteiger partial charge in [-0.25, -0.2) is 0 Å². The van der Waals surface area contributed by atoms with Crippen molar-refractivity contribution < 1.29 is 14.3 Å². The average molecular weight is 376 g/mol. The van der Waals surface area contributed by atoms with Crippen molar-refractivity contribution >= 4 is 17.5 Å². The number of hydrogen-bond donors (Lipinski definition) is 1. The lowest BCUT2D eigenvalue weighted by Gasteiger charge is -2.17. The summed E-state index contributed by atoms with van der Waals surface area (Å²) < 4.78 is 11.4. The first kappa shape index (κ1) is 20.1. The Labute approximate surface area is 160 Å². The second-order valence-corrected chi connectivity index (χ2v) is 6.34. The molecule has 2 rings (SSSR count). The van der Waals surface area contributed by atoms with Crippen LogP contribution in [0.4, 0.5) is 0 Å². The molecule has 1 unspecified atom stereocenters. The maximum Gasteiger partial charge on any atom is 0.261 e. The van der Waals surface area contributed by atoms with E-state index < -0.39 is 6.10 Å². The predicted molar refractivity (Wildman–Crippen MR) is 105 cm³/mol. The second kappa shape index (κ2) is 10.7. The third-order valence-corrected chi connectivity index (χ3v) is 4.20. The quantitative estimate of drug-likeness (QED) is 0.615. The van der Waals surface area contributed by atoms with Crippen LogP contribution in [0.3, 0.4) is 0 Å². The van der Waals surface area contributed by atoms with Gasteiger partial charge in [0.1, 0.15) is 11.5 Å². The number of carbonyl (C=O) groups is 1. The van der Waals surface area contributed by atoms with Gasteiger partial charge in [0.2, 0.25) is 0 Å². The van der Waals surface area contributed by atoms with Gasteiger partial charge < -0.3 is 14.8 Å². The number of amides is 1. The fourth-order valence-corrected chi connectivity index (χ4v) is 2.74. The zero-order valence-electron chi connectivity index (χ0n) is 15.3. The summed E-state index contributed by atoms with van der Waals surface area (Å²) in [5.41, 5.74) is 1.16. The minimum atomic E-state index is -0.508. The van der Waals surface area contributed by atoms with Crippen molar-refractivity contribution in [1.82, 2.24) is 5.32 Å². The van der Waals surface area contributed by atoms with Crippen molar-refractivity contribution in [2.24, 2.45) is 0 Å². The summed E-state index contributed by atoms with van der Waals surface area (Å²) in [6.45, 7) is 5.15. The second-order valence-electron chi connectivity index (χ2n) is 5.90. The molecule has 1 atom stereocenters. The van der Waals surface area contributed by atoms with Crippen LogP contribution in [0.5, 0.6) is 11.5 Å². The van der Waals surface area contributed by atoms with E-state index >= 15 is 0 Å². The fraction of sp³-hybridized carbons (Fsp3) is 0.381. The van der Waals surface area contributed by atoms with Gasteiger partial charge in [0.05, 0.1) is 6.61 Å². The molecule has 0 aliphatic rings. The lowest BCUT2D eigenvalue weighted by Crippen LogP contribution is -2.38. The van der Waals surface area contributed by atoms with E-state index in [2.05, 4.69) is 11.4 Å². The van der Waals surface area contributed by atoms with Crippen LogP contribution in [0, 0.1) is 0 Å². The molecule has 0 aromatic heterocycles. The van der Waals surface area contributed by atoms with Crippen LogP contribution in [0.25, 0.3) is 0 Å². The standard InChI is InChI=1S/C21H26ClNO3/c1-3-19(26-18-13-11-17(22)12-14-18)21(24)23-15-7-9-16-8-5-6-10-20(16)25-4-2/h5-6,8,10-14,19H,3-4,7,9,15H2,1-2H3,(H,23,24). The number of aryl methyl sites for hydroxylation is 1. The fourth-order valence-electron chi connectivity index (χ4n) is 2.61. The molecule has 4 nitrogen and oxygen atoms in total. The molecule has 0 bridgehead atoms. The Kier molecular flexibility index (Phi) is 8.29. The van der Waals surface area contributed by atoms with E-state index in [0.717, 1.165) is 24.2 Å². The zero-order valence-corrected chi connectivity index (χ0v) is 16.1. The Morgan fingerprint density at radius 3 is 2.54 bits per heavy atom. The zero-order chi connectivity index (χ0) is 18.8. The van der Waals surface area contributed by atoms with Gasteiger partial charge in [-0.2, -0.15) is 0 Å². The third kappa shape index (κ3) is 6.26. The summed E-state index contributed by atoms with van der Waals surface area (Å²) in [7, 11) is 0. The molecule has 0 radical (unpaired) electrons. The van der Waals surface area contributed by atoms with Crippen molar-refractivity contribution in [3.8, 4) is 11.5 Å². The van der Waals surface area contributed by atoms with Crippen LogP contribution < -0.4 is 14.8 Å². The van der Waals surface area contributed by atoms with E-state index in [1.807, 2.05) is 32.0 Å². The summed E-state index contributed by atoms with van der Waals surface area (Å²) in [5.74, 6) is 1.46. The summed E-state index contributed by atoms with van der Waals surface area (Å²) in [4.78, 5) is 12.3. The smallest absolute Gasteiger partial charge is 0.261 e. The molecule has 26 heavy (non-hydrogen) atoms. The number of hydrogen-bond acceptors (Lipinski definition) is 3. The van der Waals surface area contributed by atoms with E-state index in [1.54, 1.807) is 24.3 Å². The summed E-state index contributed by atoms with van der Waals surface area (Å²) in [6.07, 6.45) is 1.78. The van der Waals surface area contributed by atoms with Crippen LogP contribution in [-0.2, 0) is 11.2 Å². The van der Waals surface area contributed by atoms with E-state index in [4.69, 9.17) is 21.1 Å². The predicted octanol–water partition coefficient (Wildman–Crippen LogP) is 4.65. The normalized spacial score (nSPS) is 11.7. The van der Waals surface area contributed by atoms with Gasteiger partial charge in [-0.15, -0.1) is 0 Å². The number of ether oxygens (including phenoxy) is 2. The lowest BCUT2D eigenvalue weighted by atomic mass is 10.1. The highest BCUT2D eigenvalue weighted by molar-refractivity contribution is 6.30. The third-order valence-electron chi connectivity index (χ3n) is 3.95. The minimum Gasteiger partial charge on any atom is -0.494 e. The summed E-state index contributed by atoms with van der Waals surface area (Å²) in [5, 5.41) is 3.60. The van der Waals surface area contributed by atoms with E-state index in [9.17, 15) is 4.79 Å². The first-order valence-corrected chi connectivity index (χ1v) is 9.42. The Morgan fingerprint density at radius 1 is 1.12 bits per heavy atom.